The molecule has 2 aromatic rings. The average molecular weight is 313 g/mol. The zero-order valence-electron chi connectivity index (χ0n) is 9.46. The summed E-state index contributed by atoms with van der Waals surface area (Å²) in [6.07, 6.45) is 1.65. The zero-order valence-corrected chi connectivity index (χ0v) is 11.0. The number of rotatable bonds is 3. The van der Waals surface area contributed by atoms with E-state index in [4.69, 9.17) is 4.74 Å². The summed E-state index contributed by atoms with van der Waals surface area (Å²) in [6.45, 7) is 0. The van der Waals surface area contributed by atoms with E-state index >= 15 is 0 Å². The summed E-state index contributed by atoms with van der Waals surface area (Å²) in [4.78, 5) is 14.6. The summed E-state index contributed by atoms with van der Waals surface area (Å²) in [5.41, 5.74) is 0.870. The molecule has 0 atom stereocenters. The highest BCUT2D eigenvalue weighted by Gasteiger charge is 2.10. The number of nitrogens with one attached hydrogen (secondary N) is 2. The second kappa shape index (κ2) is 5.22. The molecule has 0 aliphatic carbocycles. The average Bonchev–Trinajstić information content (AvgIpc) is 2.78. The minimum atomic E-state index is -0.474. The molecule has 0 saturated heterocycles. The molecule has 1 heterocycles. The van der Waals surface area contributed by atoms with Crippen molar-refractivity contribution in [3.05, 3.63) is 46.4 Å². The molecule has 2 rings (SSSR count). The Morgan fingerprint density at radius 2 is 2.22 bits per heavy atom. The Balaban J connectivity index is 2.16. The Hall–Kier alpha value is -1.82. The van der Waals surface area contributed by atoms with Crippen LogP contribution in [0, 0.1) is 5.82 Å². The van der Waals surface area contributed by atoms with Crippen molar-refractivity contribution in [1.82, 2.24) is 4.98 Å². The van der Waals surface area contributed by atoms with Gasteiger partial charge >= 0.3 is 0 Å². The van der Waals surface area contributed by atoms with Crippen molar-refractivity contribution in [2.45, 2.75) is 0 Å². The number of carbonyl (C=O) groups excluding carboxylic acids is 1. The SMILES string of the molecule is COc1cc(NC(=O)c2cc(Br)c[nH]2)ccc1F. The number of amides is 1. The molecule has 0 spiro atoms. The van der Waals surface area contributed by atoms with E-state index in [1.165, 1.54) is 25.3 Å². The normalized spacial score (nSPS) is 10.2. The van der Waals surface area contributed by atoms with E-state index in [9.17, 15) is 9.18 Å². The van der Waals surface area contributed by atoms with Gasteiger partial charge in [0.2, 0.25) is 0 Å². The topological polar surface area (TPSA) is 54.1 Å². The lowest BCUT2D eigenvalue weighted by Crippen LogP contribution is -2.12. The molecule has 0 aliphatic heterocycles. The van der Waals surface area contributed by atoms with E-state index in [2.05, 4.69) is 26.2 Å². The number of aromatic amines is 1. The van der Waals surface area contributed by atoms with Crippen LogP contribution in [0.25, 0.3) is 0 Å². The van der Waals surface area contributed by atoms with Gasteiger partial charge in [-0.25, -0.2) is 4.39 Å². The summed E-state index contributed by atoms with van der Waals surface area (Å²) in [6, 6.07) is 5.77. The minimum absolute atomic E-state index is 0.0838. The van der Waals surface area contributed by atoms with Crippen LogP contribution >= 0.6 is 15.9 Å². The van der Waals surface area contributed by atoms with E-state index < -0.39 is 5.82 Å². The van der Waals surface area contributed by atoms with Gasteiger partial charge in [-0.2, -0.15) is 0 Å². The minimum Gasteiger partial charge on any atom is -0.494 e. The maximum absolute atomic E-state index is 13.2. The monoisotopic (exact) mass is 312 g/mol. The third-order valence-electron chi connectivity index (χ3n) is 2.30. The van der Waals surface area contributed by atoms with Crippen molar-refractivity contribution in [1.29, 1.82) is 0 Å². The largest absolute Gasteiger partial charge is 0.494 e. The van der Waals surface area contributed by atoms with E-state index in [-0.39, 0.29) is 11.7 Å². The molecule has 0 unspecified atom stereocenters. The van der Waals surface area contributed by atoms with Crippen molar-refractivity contribution in [3.63, 3.8) is 0 Å². The van der Waals surface area contributed by atoms with Crippen LogP contribution in [0.3, 0.4) is 0 Å². The Morgan fingerprint density at radius 1 is 1.44 bits per heavy atom. The summed E-state index contributed by atoms with van der Waals surface area (Å²) >= 11 is 3.24. The first kappa shape index (κ1) is 12.6. The molecular formula is C12H10BrFN2O2. The number of benzene rings is 1. The number of ether oxygens (including phenoxy) is 1. The molecule has 0 radical (unpaired) electrons. The van der Waals surface area contributed by atoms with Gasteiger partial charge in [-0.1, -0.05) is 0 Å². The van der Waals surface area contributed by atoms with Crippen LogP contribution in [0.4, 0.5) is 10.1 Å². The predicted octanol–water partition coefficient (Wildman–Crippen LogP) is 3.18. The Morgan fingerprint density at radius 3 is 2.83 bits per heavy atom. The molecule has 18 heavy (non-hydrogen) atoms. The summed E-state index contributed by atoms with van der Waals surface area (Å²) in [5.74, 6) is -0.701. The van der Waals surface area contributed by atoms with E-state index in [1.54, 1.807) is 12.3 Å². The van der Waals surface area contributed by atoms with E-state index in [0.29, 0.717) is 11.4 Å². The fourth-order valence-electron chi connectivity index (χ4n) is 1.43. The van der Waals surface area contributed by atoms with Gasteiger partial charge in [-0.3, -0.25) is 4.79 Å². The van der Waals surface area contributed by atoms with Crippen LogP contribution in [-0.2, 0) is 0 Å². The number of aromatic nitrogens is 1. The fourth-order valence-corrected chi connectivity index (χ4v) is 1.78. The van der Waals surface area contributed by atoms with Gasteiger partial charge in [0.25, 0.3) is 5.91 Å². The molecule has 0 bridgehead atoms. The maximum Gasteiger partial charge on any atom is 0.272 e. The highest BCUT2D eigenvalue weighted by molar-refractivity contribution is 9.10. The number of hydrogen-bond donors (Lipinski definition) is 2. The molecule has 1 aromatic heterocycles. The Kier molecular flexibility index (Phi) is 3.66. The smallest absolute Gasteiger partial charge is 0.272 e. The van der Waals surface area contributed by atoms with Crippen LogP contribution in [-0.4, -0.2) is 18.0 Å². The molecular weight excluding hydrogens is 303 g/mol. The van der Waals surface area contributed by atoms with Gasteiger partial charge in [0.15, 0.2) is 11.6 Å². The summed E-state index contributed by atoms with van der Waals surface area (Å²) < 4.78 is 18.8. The highest BCUT2D eigenvalue weighted by atomic mass is 79.9. The molecule has 1 aromatic carbocycles. The highest BCUT2D eigenvalue weighted by Crippen LogP contribution is 2.22. The van der Waals surface area contributed by atoms with Crippen molar-refractivity contribution in [2.24, 2.45) is 0 Å². The van der Waals surface area contributed by atoms with E-state index in [0.717, 1.165) is 4.47 Å². The molecule has 94 valence electrons. The van der Waals surface area contributed by atoms with Gasteiger partial charge in [0.05, 0.1) is 7.11 Å². The number of halogens is 2. The van der Waals surface area contributed by atoms with Crippen molar-refractivity contribution in [3.8, 4) is 5.75 Å². The molecule has 1 amide bonds. The lowest BCUT2D eigenvalue weighted by Gasteiger charge is -2.06. The first-order valence-electron chi connectivity index (χ1n) is 5.09. The van der Waals surface area contributed by atoms with Gasteiger partial charge < -0.3 is 15.0 Å². The fraction of sp³-hybridized carbons (Fsp3) is 0.0833. The number of H-pyrrole nitrogens is 1. The quantitative estimate of drug-likeness (QED) is 0.914. The lowest BCUT2D eigenvalue weighted by atomic mass is 10.2. The van der Waals surface area contributed by atoms with Crippen molar-refractivity contribution in [2.75, 3.05) is 12.4 Å². The van der Waals surface area contributed by atoms with Crippen molar-refractivity contribution < 1.29 is 13.9 Å². The first-order chi connectivity index (χ1) is 8.60. The zero-order chi connectivity index (χ0) is 13.1. The third kappa shape index (κ3) is 2.70. The molecule has 6 heteroatoms. The summed E-state index contributed by atoms with van der Waals surface area (Å²) in [5, 5.41) is 2.64. The second-order valence-corrected chi connectivity index (χ2v) is 4.45. The number of hydrogen-bond acceptors (Lipinski definition) is 2. The van der Waals surface area contributed by atoms with E-state index in [1.807, 2.05) is 0 Å². The van der Waals surface area contributed by atoms with Gasteiger partial charge in [0.1, 0.15) is 5.69 Å². The maximum atomic E-state index is 13.2. The lowest BCUT2D eigenvalue weighted by molar-refractivity contribution is 0.102. The van der Waals surface area contributed by atoms with Crippen LogP contribution in [0.15, 0.2) is 34.9 Å². The Bertz CT molecular complexity index is 583. The molecule has 0 aliphatic rings. The predicted molar refractivity (Wildman–Crippen MR) is 69.4 cm³/mol. The van der Waals surface area contributed by atoms with Crippen LogP contribution in [0.1, 0.15) is 10.5 Å². The van der Waals surface area contributed by atoms with Gasteiger partial charge in [-0.15, -0.1) is 0 Å². The molecule has 0 saturated carbocycles. The molecule has 4 nitrogen and oxygen atoms in total. The van der Waals surface area contributed by atoms with Crippen LogP contribution in [0.2, 0.25) is 0 Å². The number of anilines is 1. The van der Waals surface area contributed by atoms with Crippen LogP contribution in [0.5, 0.6) is 5.75 Å². The van der Waals surface area contributed by atoms with Crippen molar-refractivity contribution >= 4 is 27.5 Å². The standard InChI is InChI=1S/C12H10BrFN2O2/c1-18-11-5-8(2-3-9(11)14)16-12(17)10-4-7(13)6-15-10/h2-6,15H,1H3,(H,16,17). The van der Waals surface area contributed by atoms with Gasteiger partial charge in [0, 0.05) is 22.4 Å². The molecule has 0 fully saturated rings. The van der Waals surface area contributed by atoms with Crippen LogP contribution < -0.4 is 10.1 Å². The Labute approximate surface area is 111 Å². The third-order valence-corrected chi connectivity index (χ3v) is 2.76. The van der Waals surface area contributed by atoms with Gasteiger partial charge in [-0.05, 0) is 34.1 Å². The first-order valence-corrected chi connectivity index (χ1v) is 5.88. The number of carbonyl (C=O) groups is 1. The number of methoxy groups -OCH3 is 1. The summed E-state index contributed by atoms with van der Waals surface area (Å²) in [7, 11) is 1.37. The molecule has 2 N–H and O–H groups in total. The second-order valence-electron chi connectivity index (χ2n) is 3.54.